The number of halogens is 3. The summed E-state index contributed by atoms with van der Waals surface area (Å²) >= 11 is 3.26. The Morgan fingerprint density at radius 2 is 2.21 bits per heavy atom. The minimum atomic E-state index is -0.609. The van der Waals surface area contributed by atoms with Crippen LogP contribution >= 0.6 is 15.9 Å². The molecule has 0 bridgehead atoms. The number of nitrogens with one attached hydrogen (secondary N) is 1. The lowest BCUT2D eigenvalue weighted by Gasteiger charge is -2.16. The van der Waals surface area contributed by atoms with Crippen molar-refractivity contribution < 1.29 is 8.78 Å². The molecule has 1 atom stereocenters. The molecule has 0 spiro atoms. The van der Waals surface area contributed by atoms with Crippen molar-refractivity contribution in [2.24, 2.45) is 12.9 Å². The maximum Gasteiger partial charge on any atom is 0.153 e. The Morgan fingerprint density at radius 3 is 2.74 bits per heavy atom. The number of hydrogen-bond donors (Lipinski definition) is 2. The molecule has 0 saturated heterocycles. The van der Waals surface area contributed by atoms with Gasteiger partial charge in [-0.1, -0.05) is 11.3 Å². The lowest BCUT2D eigenvalue weighted by atomic mass is 10.0. The van der Waals surface area contributed by atoms with Crippen molar-refractivity contribution in [1.29, 1.82) is 0 Å². The quantitative estimate of drug-likeness (QED) is 0.659. The Labute approximate surface area is 116 Å². The Kier molecular flexibility index (Phi) is 4.23. The second-order valence-corrected chi connectivity index (χ2v) is 4.80. The van der Waals surface area contributed by atoms with Crippen LogP contribution in [0.4, 0.5) is 8.78 Å². The van der Waals surface area contributed by atoms with Crippen LogP contribution in [0.15, 0.2) is 22.8 Å². The molecule has 0 aliphatic heterocycles. The number of nitrogens with zero attached hydrogens (tertiary/aromatic N) is 3. The molecule has 0 amide bonds. The Bertz CT molecular complexity index is 567. The van der Waals surface area contributed by atoms with Crippen LogP contribution in [0.1, 0.15) is 17.3 Å². The number of aryl methyl sites for hydroxylation is 1. The highest BCUT2D eigenvalue weighted by Gasteiger charge is 2.20. The Hall–Kier alpha value is -1.38. The zero-order valence-electron chi connectivity index (χ0n) is 10.1. The van der Waals surface area contributed by atoms with Gasteiger partial charge in [0.25, 0.3) is 0 Å². The predicted octanol–water partition coefficient (Wildman–Crippen LogP) is 1.60. The van der Waals surface area contributed by atoms with E-state index in [4.69, 9.17) is 5.84 Å². The van der Waals surface area contributed by atoms with Crippen LogP contribution in [-0.2, 0) is 13.5 Å². The van der Waals surface area contributed by atoms with Gasteiger partial charge >= 0.3 is 0 Å². The number of aromatic nitrogens is 3. The molecule has 1 heterocycles. The van der Waals surface area contributed by atoms with Crippen molar-refractivity contribution in [3.63, 3.8) is 0 Å². The molecule has 3 N–H and O–H groups in total. The van der Waals surface area contributed by atoms with Crippen molar-refractivity contribution >= 4 is 15.9 Å². The van der Waals surface area contributed by atoms with Gasteiger partial charge in [0, 0.05) is 13.1 Å². The first-order valence-corrected chi connectivity index (χ1v) is 6.27. The molecule has 2 aromatic rings. The second-order valence-electron chi connectivity index (χ2n) is 4.05. The van der Waals surface area contributed by atoms with E-state index in [0.29, 0.717) is 15.9 Å². The SMILES string of the molecule is Cn1nnc(Br)c1C(Cc1ccc(F)cc1F)NN. The number of nitrogens with two attached hydrogens (primary N) is 1. The lowest BCUT2D eigenvalue weighted by molar-refractivity contribution is 0.490. The van der Waals surface area contributed by atoms with E-state index in [1.54, 1.807) is 7.05 Å². The molecule has 0 aliphatic carbocycles. The number of hydrazine groups is 1. The summed E-state index contributed by atoms with van der Waals surface area (Å²) in [6.45, 7) is 0. The van der Waals surface area contributed by atoms with E-state index < -0.39 is 17.7 Å². The molecule has 1 unspecified atom stereocenters. The van der Waals surface area contributed by atoms with Crippen molar-refractivity contribution in [2.75, 3.05) is 0 Å². The molecule has 5 nitrogen and oxygen atoms in total. The average Bonchev–Trinajstić information content (AvgIpc) is 2.69. The normalized spacial score (nSPS) is 12.7. The van der Waals surface area contributed by atoms with E-state index in [-0.39, 0.29) is 6.42 Å². The second kappa shape index (κ2) is 5.72. The van der Waals surface area contributed by atoms with Gasteiger partial charge in [-0.05, 0) is 34.0 Å². The third kappa shape index (κ3) is 2.96. The fraction of sp³-hybridized carbons (Fsp3) is 0.273. The van der Waals surface area contributed by atoms with E-state index in [0.717, 1.165) is 6.07 Å². The molecular formula is C11H12BrF2N5. The molecule has 2 rings (SSSR count). The maximum absolute atomic E-state index is 13.6. The molecule has 102 valence electrons. The zero-order chi connectivity index (χ0) is 14.0. The van der Waals surface area contributed by atoms with Gasteiger partial charge in [-0.25, -0.2) is 13.5 Å². The first-order chi connectivity index (χ1) is 9.02. The first kappa shape index (κ1) is 14.0. The Morgan fingerprint density at radius 1 is 1.47 bits per heavy atom. The van der Waals surface area contributed by atoms with Gasteiger partial charge in [-0.3, -0.25) is 11.3 Å². The largest absolute Gasteiger partial charge is 0.271 e. The summed E-state index contributed by atoms with van der Waals surface area (Å²) in [5.41, 5.74) is 3.63. The van der Waals surface area contributed by atoms with Crippen LogP contribution in [0.25, 0.3) is 0 Å². The van der Waals surface area contributed by atoms with Gasteiger partial charge in [0.2, 0.25) is 0 Å². The molecular weight excluding hydrogens is 320 g/mol. The molecule has 0 aliphatic rings. The van der Waals surface area contributed by atoms with Crippen LogP contribution < -0.4 is 11.3 Å². The third-order valence-corrected chi connectivity index (χ3v) is 3.36. The van der Waals surface area contributed by atoms with Gasteiger partial charge in [0.05, 0.1) is 11.7 Å². The van der Waals surface area contributed by atoms with E-state index in [1.807, 2.05) is 0 Å². The number of benzene rings is 1. The molecule has 19 heavy (non-hydrogen) atoms. The summed E-state index contributed by atoms with van der Waals surface area (Å²) in [5, 5.41) is 7.68. The predicted molar refractivity (Wildman–Crippen MR) is 68.8 cm³/mol. The highest BCUT2D eigenvalue weighted by molar-refractivity contribution is 9.10. The average molecular weight is 332 g/mol. The van der Waals surface area contributed by atoms with Crippen molar-refractivity contribution in [3.8, 4) is 0 Å². The topological polar surface area (TPSA) is 68.8 Å². The molecule has 8 heteroatoms. The van der Waals surface area contributed by atoms with Crippen LogP contribution in [0.5, 0.6) is 0 Å². The summed E-state index contributed by atoms with van der Waals surface area (Å²) < 4.78 is 28.6. The minimum Gasteiger partial charge on any atom is -0.271 e. The minimum absolute atomic E-state index is 0.252. The van der Waals surface area contributed by atoms with Crippen molar-refractivity contribution in [2.45, 2.75) is 12.5 Å². The molecule has 1 aromatic heterocycles. The molecule has 0 radical (unpaired) electrons. The van der Waals surface area contributed by atoms with Gasteiger partial charge in [-0.2, -0.15) is 0 Å². The summed E-state index contributed by atoms with van der Waals surface area (Å²) in [5.74, 6) is 4.28. The van der Waals surface area contributed by atoms with E-state index in [2.05, 4.69) is 31.7 Å². The van der Waals surface area contributed by atoms with Gasteiger partial charge < -0.3 is 0 Å². The molecule has 0 fully saturated rings. The van der Waals surface area contributed by atoms with Crippen LogP contribution in [-0.4, -0.2) is 15.0 Å². The van der Waals surface area contributed by atoms with Crippen molar-refractivity contribution in [3.05, 3.63) is 45.7 Å². The lowest BCUT2D eigenvalue weighted by Crippen LogP contribution is -2.31. The van der Waals surface area contributed by atoms with Crippen LogP contribution in [0, 0.1) is 11.6 Å². The van der Waals surface area contributed by atoms with Gasteiger partial charge in [0.15, 0.2) is 4.60 Å². The molecule has 0 saturated carbocycles. The Balaban J connectivity index is 2.29. The van der Waals surface area contributed by atoms with E-state index >= 15 is 0 Å². The maximum atomic E-state index is 13.6. The number of rotatable bonds is 4. The zero-order valence-corrected chi connectivity index (χ0v) is 11.7. The third-order valence-electron chi connectivity index (χ3n) is 2.80. The molecule has 1 aromatic carbocycles. The first-order valence-electron chi connectivity index (χ1n) is 5.48. The standard InChI is InChI=1S/C11H12BrF2N5/c1-19-10(11(12)17-18-19)9(16-15)4-6-2-3-7(13)5-8(6)14/h2-3,5,9,16H,4,15H2,1H3. The van der Waals surface area contributed by atoms with Crippen LogP contribution in [0.2, 0.25) is 0 Å². The smallest absolute Gasteiger partial charge is 0.153 e. The van der Waals surface area contributed by atoms with Gasteiger partial charge in [-0.15, -0.1) is 5.10 Å². The van der Waals surface area contributed by atoms with E-state index in [9.17, 15) is 8.78 Å². The van der Waals surface area contributed by atoms with Crippen LogP contribution in [0.3, 0.4) is 0 Å². The fourth-order valence-corrected chi connectivity index (χ4v) is 2.45. The summed E-state index contributed by atoms with van der Waals surface area (Å²) in [4.78, 5) is 0. The monoisotopic (exact) mass is 331 g/mol. The van der Waals surface area contributed by atoms with Gasteiger partial charge in [0.1, 0.15) is 11.6 Å². The fourth-order valence-electron chi connectivity index (χ4n) is 1.85. The number of hydrogen-bond acceptors (Lipinski definition) is 4. The van der Waals surface area contributed by atoms with Crippen molar-refractivity contribution in [1.82, 2.24) is 20.4 Å². The highest BCUT2D eigenvalue weighted by Crippen LogP contribution is 2.24. The summed E-state index contributed by atoms with van der Waals surface area (Å²) in [7, 11) is 1.71. The highest BCUT2D eigenvalue weighted by atomic mass is 79.9. The summed E-state index contributed by atoms with van der Waals surface area (Å²) in [6.07, 6.45) is 0.252. The van der Waals surface area contributed by atoms with E-state index in [1.165, 1.54) is 16.8 Å². The summed E-state index contributed by atoms with van der Waals surface area (Å²) in [6, 6.07) is 3.06.